The third-order valence-electron chi connectivity index (χ3n) is 2.79. The first kappa shape index (κ1) is 14.8. The minimum Gasteiger partial charge on any atom is -0.494 e. The molecule has 0 heterocycles. The predicted molar refractivity (Wildman–Crippen MR) is 70.6 cm³/mol. The number of carbonyl (C=O) groups is 1. The van der Waals surface area contributed by atoms with Crippen molar-refractivity contribution in [2.45, 2.75) is 6.61 Å². The summed E-state index contributed by atoms with van der Waals surface area (Å²) in [6, 6.07) is 7.58. The number of hydrogen-bond acceptors (Lipinski definition) is 3. The van der Waals surface area contributed by atoms with Gasteiger partial charge >= 0.3 is 5.97 Å². The van der Waals surface area contributed by atoms with Gasteiger partial charge < -0.3 is 14.6 Å². The van der Waals surface area contributed by atoms with E-state index in [0.717, 1.165) is 6.07 Å². The molecule has 1 N–H and O–H groups in total. The lowest BCUT2D eigenvalue weighted by Gasteiger charge is -2.09. The molecule has 0 spiro atoms. The van der Waals surface area contributed by atoms with E-state index in [9.17, 15) is 13.6 Å². The molecule has 0 atom stereocenters. The second-order valence-electron chi connectivity index (χ2n) is 4.21. The summed E-state index contributed by atoms with van der Waals surface area (Å²) < 4.78 is 37.1. The van der Waals surface area contributed by atoms with Crippen LogP contribution >= 0.6 is 0 Å². The first-order valence-corrected chi connectivity index (χ1v) is 5.99. The van der Waals surface area contributed by atoms with Crippen LogP contribution in [0.1, 0.15) is 15.9 Å². The number of rotatable bonds is 5. The lowest BCUT2D eigenvalue weighted by molar-refractivity contribution is 0.0696. The Morgan fingerprint density at radius 3 is 2.33 bits per heavy atom. The maximum Gasteiger partial charge on any atom is 0.335 e. The summed E-state index contributed by atoms with van der Waals surface area (Å²) in [7, 11) is 1.36. The van der Waals surface area contributed by atoms with Gasteiger partial charge in [0.25, 0.3) is 0 Å². The van der Waals surface area contributed by atoms with Crippen molar-refractivity contribution in [1.29, 1.82) is 0 Å². The number of carboxylic acids is 1. The van der Waals surface area contributed by atoms with E-state index in [0.29, 0.717) is 5.56 Å². The molecule has 0 bridgehead atoms. The van der Waals surface area contributed by atoms with Gasteiger partial charge in [0.15, 0.2) is 23.1 Å². The van der Waals surface area contributed by atoms with Gasteiger partial charge in [0.2, 0.25) is 0 Å². The molecule has 2 aromatic carbocycles. The number of benzene rings is 2. The first-order chi connectivity index (χ1) is 10.0. The summed E-state index contributed by atoms with van der Waals surface area (Å²) in [5.74, 6) is -2.55. The normalized spacial score (nSPS) is 10.2. The van der Waals surface area contributed by atoms with Crippen LogP contribution in [-0.4, -0.2) is 18.2 Å². The number of halogens is 2. The summed E-state index contributed by atoms with van der Waals surface area (Å²) in [6.45, 7) is -0.0513. The molecule has 0 aromatic heterocycles. The molecule has 6 heteroatoms. The minimum atomic E-state index is -1.22. The highest BCUT2D eigenvalue weighted by Gasteiger charge is 2.10. The van der Waals surface area contributed by atoms with E-state index in [4.69, 9.17) is 14.6 Å². The molecule has 0 aliphatic rings. The van der Waals surface area contributed by atoms with Gasteiger partial charge in [0.05, 0.1) is 12.7 Å². The van der Waals surface area contributed by atoms with Crippen LogP contribution in [0.2, 0.25) is 0 Å². The molecule has 21 heavy (non-hydrogen) atoms. The molecule has 0 saturated heterocycles. The van der Waals surface area contributed by atoms with Crippen LogP contribution in [-0.2, 0) is 6.61 Å². The average Bonchev–Trinajstić information content (AvgIpc) is 2.46. The Bertz CT molecular complexity index is 671. The quantitative estimate of drug-likeness (QED) is 0.919. The average molecular weight is 294 g/mol. The number of methoxy groups -OCH3 is 1. The second-order valence-corrected chi connectivity index (χ2v) is 4.21. The molecule has 0 saturated carbocycles. The highest BCUT2D eigenvalue weighted by atomic mass is 19.1. The maximum atomic E-state index is 13.6. The largest absolute Gasteiger partial charge is 0.494 e. The van der Waals surface area contributed by atoms with Crippen LogP contribution in [0, 0.1) is 11.6 Å². The summed E-state index contributed by atoms with van der Waals surface area (Å²) in [5.41, 5.74) is 0.324. The molecule has 110 valence electrons. The zero-order valence-electron chi connectivity index (χ0n) is 11.1. The topological polar surface area (TPSA) is 55.8 Å². The molecule has 0 amide bonds. The Morgan fingerprint density at radius 2 is 1.76 bits per heavy atom. The summed E-state index contributed by atoms with van der Waals surface area (Å²) in [4.78, 5) is 10.7. The fourth-order valence-corrected chi connectivity index (χ4v) is 1.71. The fraction of sp³-hybridized carbons (Fsp3) is 0.133. The first-order valence-electron chi connectivity index (χ1n) is 5.99. The second kappa shape index (κ2) is 6.21. The van der Waals surface area contributed by atoms with Gasteiger partial charge in [0.1, 0.15) is 6.61 Å². The van der Waals surface area contributed by atoms with Crippen molar-refractivity contribution in [3.05, 3.63) is 59.2 Å². The molecule has 0 radical (unpaired) electrons. The van der Waals surface area contributed by atoms with Crippen LogP contribution in [0.4, 0.5) is 8.78 Å². The van der Waals surface area contributed by atoms with Crippen molar-refractivity contribution >= 4 is 5.97 Å². The zero-order valence-corrected chi connectivity index (χ0v) is 11.1. The van der Waals surface area contributed by atoms with Crippen LogP contribution in [0.3, 0.4) is 0 Å². The van der Waals surface area contributed by atoms with Gasteiger partial charge in [-0.2, -0.15) is 0 Å². The number of carboxylic acid groups (broad SMARTS) is 1. The smallest absolute Gasteiger partial charge is 0.335 e. The van der Waals surface area contributed by atoms with E-state index in [1.54, 1.807) is 6.07 Å². The van der Waals surface area contributed by atoms with Gasteiger partial charge in [-0.1, -0.05) is 6.07 Å². The van der Waals surface area contributed by atoms with Crippen LogP contribution < -0.4 is 9.47 Å². The van der Waals surface area contributed by atoms with Crippen molar-refractivity contribution in [2.24, 2.45) is 0 Å². The van der Waals surface area contributed by atoms with Gasteiger partial charge in [-0.3, -0.25) is 0 Å². The molecular formula is C15H12F2O4. The van der Waals surface area contributed by atoms with Gasteiger partial charge in [-0.05, 0) is 35.9 Å². The molecule has 0 aliphatic heterocycles. The van der Waals surface area contributed by atoms with E-state index in [1.807, 2.05) is 0 Å². The molecule has 0 fully saturated rings. The summed E-state index contributed by atoms with van der Waals surface area (Å²) in [5, 5.41) is 8.73. The Kier molecular flexibility index (Phi) is 4.37. The van der Waals surface area contributed by atoms with E-state index < -0.39 is 17.6 Å². The number of hydrogen-bond donors (Lipinski definition) is 1. The zero-order chi connectivity index (χ0) is 15.4. The van der Waals surface area contributed by atoms with E-state index >= 15 is 0 Å². The van der Waals surface area contributed by atoms with Crippen molar-refractivity contribution in [2.75, 3.05) is 7.11 Å². The Hall–Kier alpha value is -2.63. The molecular weight excluding hydrogens is 282 g/mol. The third kappa shape index (κ3) is 3.47. The van der Waals surface area contributed by atoms with Crippen molar-refractivity contribution in [1.82, 2.24) is 0 Å². The fourth-order valence-electron chi connectivity index (χ4n) is 1.71. The highest BCUT2D eigenvalue weighted by molar-refractivity contribution is 5.87. The third-order valence-corrected chi connectivity index (χ3v) is 2.79. The van der Waals surface area contributed by atoms with E-state index in [2.05, 4.69) is 0 Å². The Labute approximate surface area is 119 Å². The van der Waals surface area contributed by atoms with Crippen LogP contribution in [0.5, 0.6) is 11.5 Å². The van der Waals surface area contributed by atoms with E-state index in [1.165, 1.54) is 31.4 Å². The van der Waals surface area contributed by atoms with Gasteiger partial charge in [-0.15, -0.1) is 0 Å². The van der Waals surface area contributed by atoms with Crippen molar-refractivity contribution in [3.8, 4) is 11.5 Å². The van der Waals surface area contributed by atoms with E-state index in [-0.39, 0.29) is 23.7 Å². The maximum absolute atomic E-state index is 13.6. The summed E-state index contributed by atoms with van der Waals surface area (Å²) in [6.07, 6.45) is 0. The van der Waals surface area contributed by atoms with Gasteiger partial charge in [0, 0.05) is 0 Å². The predicted octanol–water partition coefficient (Wildman–Crippen LogP) is 3.25. The molecule has 2 aromatic rings. The number of ether oxygens (including phenoxy) is 2. The van der Waals surface area contributed by atoms with Gasteiger partial charge in [-0.25, -0.2) is 13.6 Å². The molecule has 0 unspecified atom stereocenters. The molecule has 0 aliphatic carbocycles. The van der Waals surface area contributed by atoms with Crippen molar-refractivity contribution in [3.63, 3.8) is 0 Å². The number of aromatic carboxylic acids is 1. The lowest BCUT2D eigenvalue weighted by atomic mass is 10.2. The monoisotopic (exact) mass is 294 g/mol. The van der Waals surface area contributed by atoms with Crippen molar-refractivity contribution < 1.29 is 28.2 Å². The minimum absolute atomic E-state index is 0.0513. The Balaban J connectivity index is 2.09. The summed E-state index contributed by atoms with van der Waals surface area (Å²) >= 11 is 0. The highest BCUT2D eigenvalue weighted by Crippen LogP contribution is 2.22. The lowest BCUT2D eigenvalue weighted by Crippen LogP contribution is -2.01. The standard InChI is InChI=1S/C15H12F2O4/c1-20-13-4-2-9(6-11(13)16)8-21-14-5-3-10(15(18)19)7-12(14)17/h2-7H,8H2,1H3,(H,18,19). The van der Waals surface area contributed by atoms with Crippen LogP contribution in [0.15, 0.2) is 36.4 Å². The van der Waals surface area contributed by atoms with Crippen LogP contribution in [0.25, 0.3) is 0 Å². The molecule has 2 rings (SSSR count). The SMILES string of the molecule is COc1ccc(COc2ccc(C(=O)O)cc2F)cc1F. The molecule has 4 nitrogen and oxygen atoms in total. The Morgan fingerprint density at radius 1 is 1.10 bits per heavy atom.